The Balaban J connectivity index is 2.70. The van der Waals surface area contributed by atoms with Crippen molar-refractivity contribution in [1.82, 2.24) is 5.32 Å². The second-order valence-corrected chi connectivity index (χ2v) is 4.46. The molecule has 0 aliphatic rings. The number of carbonyl (C=O) groups excluding carboxylic acids is 1. The normalized spacial score (nSPS) is 10.0. The molecule has 17 heavy (non-hydrogen) atoms. The van der Waals surface area contributed by atoms with Crippen LogP contribution >= 0.6 is 11.8 Å². The summed E-state index contributed by atoms with van der Waals surface area (Å²) in [5.41, 5.74) is 1.48. The fourth-order valence-corrected chi connectivity index (χ4v) is 1.79. The van der Waals surface area contributed by atoms with Crippen LogP contribution in [0.15, 0.2) is 23.1 Å². The van der Waals surface area contributed by atoms with E-state index in [0.29, 0.717) is 5.56 Å². The second kappa shape index (κ2) is 6.30. The summed E-state index contributed by atoms with van der Waals surface area (Å²) in [7, 11) is 0. The Hall–Kier alpha value is -1.49. The SMILES string of the molecule is CSc1ccc(C)c(C(=O)NCCC(=O)O)c1. The number of aliphatic carboxylic acids is 1. The molecule has 1 aromatic rings. The van der Waals surface area contributed by atoms with Gasteiger partial charge in [0.05, 0.1) is 6.42 Å². The number of rotatable bonds is 5. The van der Waals surface area contributed by atoms with Crippen LogP contribution in [0, 0.1) is 6.92 Å². The number of hydrogen-bond acceptors (Lipinski definition) is 3. The van der Waals surface area contributed by atoms with Gasteiger partial charge in [0.15, 0.2) is 0 Å². The van der Waals surface area contributed by atoms with E-state index in [-0.39, 0.29) is 18.9 Å². The second-order valence-electron chi connectivity index (χ2n) is 3.58. The van der Waals surface area contributed by atoms with Crippen LogP contribution in [0.1, 0.15) is 22.3 Å². The highest BCUT2D eigenvalue weighted by atomic mass is 32.2. The molecule has 0 spiro atoms. The monoisotopic (exact) mass is 253 g/mol. The molecule has 0 aliphatic carbocycles. The summed E-state index contributed by atoms with van der Waals surface area (Å²) < 4.78 is 0. The Labute approximate surface area is 104 Å². The maximum absolute atomic E-state index is 11.8. The van der Waals surface area contributed by atoms with Gasteiger partial charge >= 0.3 is 5.97 Å². The standard InChI is InChI=1S/C12H15NO3S/c1-8-3-4-9(17-2)7-10(8)12(16)13-6-5-11(14)15/h3-4,7H,5-6H2,1-2H3,(H,13,16)(H,14,15). The van der Waals surface area contributed by atoms with Crippen molar-refractivity contribution in [3.05, 3.63) is 29.3 Å². The highest BCUT2D eigenvalue weighted by Gasteiger charge is 2.09. The molecular weight excluding hydrogens is 238 g/mol. The maximum atomic E-state index is 11.8. The topological polar surface area (TPSA) is 66.4 Å². The summed E-state index contributed by atoms with van der Waals surface area (Å²) in [5.74, 6) is -1.14. The van der Waals surface area contributed by atoms with Gasteiger partial charge in [-0.1, -0.05) is 6.07 Å². The molecule has 92 valence electrons. The van der Waals surface area contributed by atoms with Crippen molar-refractivity contribution < 1.29 is 14.7 Å². The van der Waals surface area contributed by atoms with E-state index in [2.05, 4.69) is 5.32 Å². The van der Waals surface area contributed by atoms with E-state index in [1.807, 2.05) is 31.4 Å². The van der Waals surface area contributed by atoms with E-state index in [0.717, 1.165) is 10.5 Å². The van der Waals surface area contributed by atoms with Crippen molar-refractivity contribution in [3.8, 4) is 0 Å². The minimum Gasteiger partial charge on any atom is -0.481 e. The van der Waals surface area contributed by atoms with E-state index in [1.54, 1.807) is 11.8 Å². The molecule has 4 nitrogen and oxygen atoms in total. The first-order chi connectivity index (χ1) is 8.04. The third kappa shape index (κ3) is 4.11. The molecule has 0 saturated carbocycles. The number of aryl methyl sites for hydroxylation is 1. The van der Waals surface area contributed by atoms with Gasteiger partial charge in [-0.15, -0.1) is 11.8 Å². The van der Waals surface area contributed by atoms with Crippen molar-refractivity contribution in [2.75, 3.05) is 12.8 Å². The van der Waals surface area contributed by atoms with Gasteiger partial charge in [-0.25, -0.2) is 0 Å². The van der Waals surface area contributed by atoms with Crippen molar-refractivity contribution in [2.45, 2.75) is 18.2 Å². The van der Waals surface area contributed by atoms with Crippen molar-refractivity contribution in [2.24, 2.45) is 0 Å². The Morgan fingerprint density at radius 3 is 2.71 bits per heavy atom. The van der Waals surface area contributed by atoms with Gasteiger partial charge in [-0.05, 0) is 30.9 Å². The van der Waals surface area contributed by atoms with Crippen LogP contribution in [-0.4, -0.2) is 29.8 Å². The van der Waals surface area contributed by atoms with Gasteiger partial charge < -0.3 is 10.4 Å². The van der Waals surface area contributed by atoms with Crippen LogP contribution in [0.4, 0.5) is 0 Å². The average molecular weight is 253 g/mol. The lowest BCUT2D eigenvalue weighted by atomic mass is 10.1. The number of amides is 1. The predicted molar refractivity (Wildman–Crippen MR) is 67.5 cm³/mol. The van der Waals surface area contributed by atoms with Crippen molar-refractivity contribution in [3.63, 3.8) is 0 Å². The van der Waals surface area contributed by atoms with E-state index >= 15 is 0 Å². The van der Waals surface area contributed by atoms with E-state index in [9.17, 15) is 9.59 Å². The van der Waals surface area contributed by atoms with E-state index < -0.39 is 5.97 Å². The lowest BCUT2D eigenvalue weighted by molar-refractivity contribution is -0.136. The van der Waals surface area contributed by atoms with Crippen molar-refractivity contribution >= 4 is 23.6 Å². The summed E-state index contributed by atoms with van der Waals surface area (Å²) in [5, 5.41) is 11.1. The first-order valence-electron chi connectivity index (χ1n) is 5.19. The van der Waals surface area contributed by atoms with Gasteiger partial charge in [-0.2, -0.15) is 0 Å². The zero-order valence-corrected chi connectivity index (χ0v) is 10.6. The molecule has 0 heterocycles. The molecule has 0 aromatic heterocycles. The molecule has 0 atom stereocenters. The molecule has 0 unspecified atom stereocenters. The Kier molecular flexibility index (Phi) is 5.03. The molecule has 1 amide bonds. The largest absolute Gasteiger partial charge is 0.481 e. The van der Waals surface area contributed by atoms with Crippen molar-refractivity contribution in [1.29, 1.82) is 0 Å². The number of hydrogen-bond donors (Lipinski definition) is 2. The first kappa shape index (κ1) is 13.6. The Bertz CT molecular complexity index is 432. The minimum atomic E-state index is -0.917. The van der Waals surface area contributed by atoms with Crippen LogP contribution in [-0.2, 0) is 4.79 Å². The number of carboxylic acid groups (broad SMARTS) is 1. The fourth-order valence-electron chi connectivity index (χ4n) is 1.35. The van der Waals surface area contributed by atoms with Crippen LogP contribution in [0.3, 0.4) is 0 Å². The smallest absolute Gasteiger partial charge is 0.305 e. The quantitative estimate of drug-likeness (QED) is 0.787. The number of carboxylic acids is 1. The zero-order chi connectivity index (χ0) is 12.8. The van der Waals surface area contributed by atoms with Crippen LogP contribution in [0.25, 0.3) is 0 Å². The summed E-state index contributed by atoms with van der Waals surface area (Å²) in [6.07, 6.45) is 1.88. The summed E-state index contributed by atoms with van der Waals surface area (Å²) in [6, 6.07) is 5.65. The van der Waals surface area contributed by atoms with Gasteiger partial charge in [0.25, 0.3) is 5.91 Å². The van der Waals surface area contributed by atoms with Gasteiger partial charge in [-0.3, -0.25) is 9.59 Å². The molecule has 0 aliphatic heterocycles. The Morgan fingerprint density at radius 2 is 2.12 bits per heavy atom. The number of nitrogens with one attached hydrogen (secondary N) is 1. The molecule has 0 saturated heterocycles. The molecule has 1 aromatic carbocycles. The number of carbonyl (C=O) groups is 2. The number of benzene rings is 1. The van der Waals surface area contributed by atoms with Crippen LogP contribution < -0.4 is 5.32 Å². The lowest BCUT2D eigenvalue weighted by Gasteiger charge is -2.08. The molecule has 2 N–H and O–H groups in total. The Morgan fingerprint density at radius 1 is 1.41 bits per heavy atom. The first-order valence-corrected chi connectivity index (χ1v) is 6.41. The summed E-state index contributed by atoms with van der Waals surface area (Å²) >= 11 is 1.56. The molecule has 1 rings (SSSR count). The maximum Gasteiger partial charge on any atom is 0.305 e. The summed E-state index contributed by atoms with van der Waals surface area (Å²) in [4.78, 5) is 23.1. The molecule has 5 heteroatoms. The molecular formula is C12H15NO3S. The van der Waals surface area contributed by atoms with E-state index in [4.69, 9.17) is 5.11 Å². The minimum absolute atomic E-state index is 0.0625. The predicted octanol–water partition coefficient (Wildman–Crippen LogP) is 1.92. The van der Waals surface area contributed by atoms with Gasteiger partial charge in [0.1, 0.15) is 0 Å². The third-order valence-corrected chi connectivity index (χ3v) is 3.04. The highest BCUT2D eigenvalue weighted by Crippen LogP contribution is 2.18. The third-order valence-electron chi connectivity index (χ3n) is 2.31. The lowest BCUT2D eigenvalue weighted by Crippen LogP contribution is -2.26. The number of thioether (sulfide) groups is 1. The molecule has 0 bridgehead atoms. The fraction of sp³-hybridized carbons (Fsp3) is 0.333. The average Bonchev–Trinajstić information content (AvgIpc) is 2.29. The van der Waals surface area contributed by atoms with Gasteiger partial charge in [0.2, 0.25) is 0 Å². The van der Waals surface area contributed by atoms with Crippen LogP contribution in [0.5, 0.6) is 0 Å². The molecule has 0 fully saturated rings. The van der Waals surface area contributed by atoms with Gasteiger partial charge in [0, 0.05) is 17.0 Å². The summed E-state index contributed by atoms with van der Waals surface area (Å²) in [6.45, 7) is 2.01. The highest BCUT2D eigenvalue weighted by molar-refractivity contribution is 7.98. The van der Waals surface area contributed by atoms with E-state index in [1.165, 1.54) is 0 Å². The molecule has 0 radical (unpaired) electrons. The zero-order valence-electron chi connectivity index (χ0n) is 9.82. The van der Waals surface area contributed by atoms with Crippen LogP contribution in [0.2, 0.25) is 0 Å².